The van der Waals surface area contributed by atoms with E-state index >= 15 is 0 Å². The van der Waals surface area contributed by atoms with Gasteiger partial charge in [-0.3, -0.25) is 4.98 Å². The molecule has 2 aromatic rings. The lowest BCUT2D eigenvalue weighted by Crippen LogP contribution is -2.21. The molecule has 3 atom stereocenters. The second-order valence-corrected chi connectivity index (χ2v) is 5.35. The highest BCUT2D eigenvalue weighted by atomic mass is 35.5. The molecular weight excluding hydrogens is 345 g/mol. The molecule has 3 N–H and O–H groups in total. The first-order valence-corrected chi connectivity index (χ1v) is 6.92. The third-order valence-electron chi connectivity index (χ3n) is 4.11. The summed E-state index contributed by atoms with van der Waals surface area (Å²) < 4.78 is 27.5. The van der Waals surface area contributed by atoms with Crippen LogP contribution >= 0.6 is 24.8 Å². The number of hydrogen-bond acceptors (Lipinski definition) is 3. The minimum atomic E-state index is -0.879. The average molecular weight is 363 g/mol. The van der Waals surface area contributed by atoms with Gasteiger partial charge in [0.2, 0.25) is 0 Å². The molecule has 0 fully saturated rings. The molecule has 0 amide bonds. The third kappa shape index (κ3) is 3.63. The molecule has 0 aliphatic heterocycles. The Hall–Kier alpha value is -1.27. The molecular formula is C16H18Cl2F2N2O. The van der Waals surface area contributed by atoms with Gasteiger partial charge < -0.3 is 10.8 Å². The van der Waals surface area contributed by atoms with Gasteiger partial charge in [0.05, 0.1) is 11.8 Å². The molecule has 0 unspecified atom stereocenters. The Bertz CT molecular complexity index is 672. The molecule has 23 heavy (non-hydrogen) atoms. The van der Waals surface area contributed by atoms with E-state index in [2.05, 4.69) is 4.98 Å². The summed E-state index contributed by atoms with van der Waals surface area (Å²) in [5, 5.41) is 10.2. The maximum absolute atomic E-state index is 14.1. The average Bonchev–Trinajstić information content (AvgIpc) is 2.62. The van der Waals surface area contributed by atoms with E-state index in [1.165, 1.54) is 6.07 Å². The van der Waals surface area contributed by atoms with Gasteiger partial charge in [0.15, 0.2) is 11.6 Å². The molecule has 0 radical (unpaired) electrons. The molecule has 1 aromatic carbocycles. The first kappa shape index (κ1) is 19.8. The Labute approximate surface area is 145 Å². The Kier molecular flexibility index (Phi) is 6.89. The van der Waals surface area contributed by atoms with Crippen molar-refractivity contribution in [3.8, 4) is 0 Å². The van der Waals surface area contributed by atoms with Crippen LogP contribution in [-0.4, -0.2) is 10.1 Å². The summed E-state index contributed by atoms with van der Waals surface area (Å²) in [4.78, 5) is 4.18. The van der Waals surface area contributed by atoms with Crippen LogP contribution in [-0.2, 0) is 0 Å². The fourth-order valence-electron chi connectivity index (χ4n) is 3.02. The molecule has 3 nitrogen and oxygen atoms in total. The predicted octanol–water partition coefficient (Wildman–Crippen LogP) is 3.81. The van der Waals surface area contributed by atoms with Crippen molar-refractivity contribution in [3.63, 3.8) is 0 Å². The zero-order valence-electron chi connectivity index (χ0n) is 12.2. The Morgan fingerprint density at radius 1 is 1.04 bits per heavy atom. The van der Waals surface area contributed by atoms with Gasteiger partial charge in [-0.1, -0.05) is 18.2 Å². The van der Waals surface area contributed by atoms with Crippen LogP contribution in [0, 0.1) is 11.6 Å². The summed E-state index contributed by atoms with van der Waals surface area (Å²) in [5.74, 6) is -2.13. The lowest BCUT2D eigenvalue weighted by molar-refractivity contribution is 0.160. The standard InChI is InChI=1S/C16H16F2N2O.2ClH/c17-12-5-1-3-9(14(12)18)10-6-7-13(21)16-11(15(10)19)4-2-8-20-16;;/h1-5,8,10,13,15,21H,6-7,19H2;2*1H/t10-,13+,15-;;/m0../s1. The number of rotatable bonds is 1. The second kappa shape index (κ2) is 8.02. The lowest BCUT2D eigenvalue weighted by atomic mass is 9.86. The van der Waals surface area contributed by atoms with Crippen molar-refractivity contribution in [2.45, 2.75) is 30.9 Å². The highest BCUT2D eigenvalue weighted by Crippen LogP contribution is 2.41. The van der Waals surface area contributed by atoms with Gasteiger partial charge in [-0.15, -0.1) is 24.8 Å². The molecule has 0 saturated heterocycles. The molecule has 126 valence electrons. The second-order valence-electron chi connectivity index (χ2n) is 5.35. The highest BCUT2D eigenvalue weighted by molar-refractivity contribution is 5.85. The minimum absolute atomic E-state index is 0. The van der Waals surface area contributed by atoms with Crippen LogP contribution in [0.1, 0.15) is 47.7 Å². The van der Waals surface area contributed by atoms with Crippen molar-refractivity contribution in [1.82, 2.24) is 4.98 Å². The van der Waals surface area contributed by atoms with Crippen molar-refractivity contribution in [1.29, 1.82) is 0 Å². The van der Waals surface area contributed by atoms with E-state index in [0.717, 1.165) is 6.07 Å². The van der Waals surface area contributed by atoms with E-state index in [9.17, 15) is 13.9 Å². The molecule has 1 aliphatic rings. The van der Waals surface area contributed by atoms with E-state index < -0.39 is 23.8 Å². The minimum Gasteiger partial charge on any atom is -0.387 e. The van der Waals surface area contributed by atoms with E-state index in [1.54, 1.807) is 24.4 Å². The molecule has 3 rings (SSSR count). The molecule has 1 aromatic heterocycles. The first-order chi connectivity index (χ1) is 10.1. The van der Waals surface area contributed by atoms with Crippen LogP contribution in [0.3, 0.4) is 0 Å². The monoisotopic (exact) mass is 362 g/mol. The van der Waals surface area contributed by atoms with Crippen LogP contribution in [0.25, 0.3) is 0 Å². The lowest BCUT2D eigenvalue weighted by Gasteiger charge is -2.23. The van der Waals surface area contributed by atoms with Crippen molar-refractivity contribution in [3.05, 3.63) is 65.0 Å². The maximum atomic E-state index is 14.1. The van der Waals surface area contributed by atoms with Gasteiger partial charge in [-0.25, -0.2) is 8.78 Å². The number of hydrogen-bond donors (Lipinski definition) is 2. The number of nitrogens with two attached hydrogens (primary N) is 1. The van der Waals surface area contributed by atoms with Gasteiger partial charge in [-0.2, -0.15) is 0 Å². The summed E-state index contributed by atoms with van der Waals surface area (Å²) in [6.07, 6.45) is 1.75. The van der Waals surface area contributed by atoms with Crippen LogP contribution in [0.15, 0.2) is 36.5 Å². The summed E-state index contributed by atoms with van der Waals surface area (Å²) >= 11 is 0. The quantitative estimate of drug-likeness (QED) is 0.758. The largest absolute Gasteiger partial charge is 0.387 e. The zero-order valence-corrected chi connectivity index (χ0v) is 13.8. The number of benzene rings is 1. The van der Waals surface area contributed by atoms with Crippen LogP contribution < -0.4 is 5.73 Å². The highest BCUT2D eigenvalue weighted by Gasteiger charge is 2.32. The van der Waals surface area contributed by atoms with Gasteiger partial charge in [-0.05, 0) is 36.1 Å². The molecule has 0 spiro atoms. The number of halogens is 4. The SMILES string of the molecule is Cl.Cl.N[C@@H]1c2cccnc2[C@H](O)CC[C@H]1c1cccc(F)c1F. The smallest absolute Gasteiger partial charge is 0.162 e. The van der Waals surface area contributed by atoms with Crippen LogP contribution in [0.4, 0.5) is 8.78 Å². The number of aliphatic hydroxyl groups is 1. The fraction of sp³-hybridized carbons (Fsp3) is 0.312. The van der Waals surface area contributed by atoms with Crippen molar-refractivity contribution < 1.29 is 13.9 Å². The fourth-order valence-corrected chi connectivity index (χ4v) is 3.02. The number of aliphatic hydroxyl groups excluding tert-OH is 1. The summed E-state index contributed by atoms with van der Waals surface area (Å²) in [6, 6.07) is 7.11. The van der Waals surface area contributed by atoms with E-state index in [1.807, 2.05) is 0 Å². The number of pyridine rings is 1. The normalized spacial score (nSPS) is 23.0. The topological polar surface area (TPSA) is 59.1 Å². The molecule has 1 aliphatic carbocycles. The van der Waals surface area contributed by atoms with Crippen LogP contribution in [0.2, 0.25) is 0 Å². The zero-order chi connectivity index (χ0) is 15.0. The third-order valence-corrected chi connectivity index (χ3v) is 4.11. The Morgan fingerprint density at radius 2 is 1.74 bits per heavy atom. The summed E-state index contributed by atoms with van der Waals surface area (Å²) in [6.45, 7) is 0. The number of nitrogens with zero attached hydrogens (tertiary/aromatic N) is 1. The Morgan fingerprint density at radius 3 is 2.48 bits per heavy atom. The Balaban J connectivity index is 0.00000132. The summed E-state index contributed by atoms with van der Waals surface area (Å²) in [7, 11) is 0. The van der Waals surface area contributed by atoms with Gasteiger partial charge >= 0.3 is 0 Å². The molecule has 0 bridgehead atoms. The first-order valence-electron chi connectivity index (χ1n) is 6.92. The molecule has 7 heteroatoms. The molecule has 0 saturated carbocycles. The van der Waals surface area contributed by atoms with E-state index in [4.69, 9.17) is 5.73 Å². The van der Waals surface area contributed by atoms with E-state index in [0.29, 0.717) is 24.1 Å². The molecule has 1 heterocycles. The van der Waals surface area contributed by atoms with Gasteiger partial charge in [0, 0.05) is 18.2 Å². The van der Waals surface area contributed by atoms with E-state index in [-0.39, 0.29) is 36.3 Å². The van der Waals surface area contributed by atoms with Crippen molar-refractivity contribution in [2.75, 3.05) is 0 Å². The van der Waals surface area contributed by atoms with Crippen LogP contribution in [0.5, 0.6) is 0 Å². The van der Waals surface area contributed by atoms with Gasteiger partial charge in [0.25, 0.3) is 0 Å². The van der Waals surface area contributed by atoms with Crippen molar-refractivity contribution >= 4 is 24.8 Å². The van der Waals surface area contributed by atoms with Gasteiger partial charge in [0.1, 0.15) is 0 Å². The summed E-state index contributed by atoms with van der Waals surface area (Å²) in [5.41, 5.74) is 7.74. The predicted molar refractivity (Wildman–Crippen MR) is 89.0 cm³/mol. The maximum Gasteiger partial charge on any atom is 0.162 e. The number of aromatic nitrogens is 1. The number of fused-ring (bicyclic) bond motifs is 1. The van der Waals surface area contributed by atoms with Crippen molar-refractivity contribution in [2.24, 2.45) is 5.73 Å².